The summed E-state index contributed by atoms with van der Waals surface area (Å²) < 4.78 is 0. The smallest absolute Gasteiger partial charge is 0.337 e. The number of likely N-dealkylation sites (tertiary alicyclic amines) is 1. The fourth-order valence-electron chi connectivity index (χ4n) is 2.48. The molecule has 0 aromatic heterocycles. The van der Waals surface area contributed by atoms with Gasteiger partial charge in [-0.3, -0.25) is 4.90 Å². The lowest BCUT2D eigenvalue weighted by Gasteiger charge is -2.36. The molecule has 1 saturated heterocycles. The number of hydrogen-bond acceptors (Lipinski definition) is 3. The number of β-amino-alcohol motifs (C(OH)–C–C–N with tert-alkyl or cyclic N) is 1. The first-order chi connectivity index (χ1) is 9.91. The highest BCUT2D eigenvalue weighted by Crippen LogP contribution is 2.23. The number of nitrogens with zero attached hydrogens (tertiary/aromatic N) is 2. The Bertz CT molecular complexity index is 546. The second kappa shape index (κ2) is 6.13. The van der Waals surface area contributed by atoms with E-state index in [9.17, 15) is 19.8 Å². The third-order valence-electron chi connectivity index (χ3n) is 3.97. The number of aromatic carboxylic acids is 1. The van der Waals surface area contributed by atoms with Crippen LogP contribution in [0.1, 0.15) is 23.7 Å². The number of hydrogen-bond donors (Lipinski definition) is 2. The largest absolute Gasteiger partial charge is 0.478 e. The first-order valence-electron chi connectivity index (χ1n) is 6.95. The third-order valence-corrected chi connectivity index (χ3v) is 3.97. The van der Waals surface area contributed by atoms with E-state index in [1.807, 2.05) is 6.92 Å². The molecule has 2 N–H and O–H groups in total. The highest BCUT2D eigenvalue weighted by molar-refractivity contribution is 6.01. The molecule has 1 aromatic carbocycles. The highest BCUT2D eigenvalue weighted by atomic mass is 16.4. The lowest BCUT2D eigenvalue weighted by Crippen LogP contribution is -2.50. The first-order valence-corrected chi connectivity index (χ1v) is 6.95. The molecule has 6 nitrogen and oxygen atoms in total. The predicted molar refractivity (Wildman–Crippen MR) is 78.6 cm³/mol. The van der Waals surface area contributed by atoms with Crippen LogP contribution < -0.4 is 4.90 Å². The Kier molecular flexibility index (Phi) is 4.47. The van der Waals surface area contributed by atoms with Crippen LogP contribution in [0, 0.1) is 5.92 Å². The molecule has 2 unspecified atom stereocenters. The number of anilines is 1. The van der Waals surface area contributed by atoms with E-state index in [1.165, 1.54) is 11.0 Å². The van der Waals surface area contributed by atoms with E-state index in [0.29, 0.717) is 12.2 Å². The average molecular weight is 292 g/mol. The molecule has 0 bridgehead atoms. The summed E-state index contributed by atoms with van der Waals surface area (Å²) in [6.07, 6.45) is 0.201. The summed E-state index contributed by atoms with van der Waals surface area (Å²) in [6.45, 7) is 2.80. The Morgan fingerprint density at radius 2 is 2.00 bits per heavy atom. The number of carboxylic acid groups (broad SMARTS) is 1. The van der Waals surface area contributed by atoms with Crippen LogP contribution in [0.3, 0.4) is 0 Å². The van der Waals surface area contributed by atoms with Crippen molar-refractivity contribution in [3.63, 3.8) is 0 Å². The standard InChI is InChI=1S/C15H20N2O4/c1-10-7-8-17(9-13(10)18)15(21)16(2)12-6-4-3-5-11(12)14(19)20/h3-6,10,13,18H,7-9H2,1-2H3,(H,19,20). The van der Waals surface area contributed by atoms with Crippen LogP contribution in [-0.2, 0) is 0 Å². The van der Waals surface area contributed by atoms with Crippen molar-refractivity contribution in [2.75, 3.05) is 25.0 Å². The Balaban J connectivity index is 2.18. The maximum atomic E-state index is 12.5. The summed E-state index contributed by atoms with van der Waals surface area (Å²) in [6, 6.07) is 6.09. The van der Waals surface area contributed by atoms with Crippen LogP contribution in [0.4, 0.5) is 10.5 Å². The first kappa shape index (κ1) is 15.3. The highest BCUT2D eigenvalue weighted by Gasteiger charge is 2.30. The summed E-state index contributed by atoms with van der Waals surface area (Å²) in [5.74, 6) is -0.900. The maximum absolute atomic E-state index is 12.5. The van der Waals surface area contributed by atoms with Crippen molar-refractivity contribution in [2.24, 2.45) is 5.92 Å². The summed E-state index contributed by atoms with van der Waals surface area (Å²) >= 11 is 0. The van der Waals surface area contributed by atoms with Crippen LogP contribution in [0.15, 0.2) is 24.3 Å². The van der Waals surface area contributed by atoms with Crippen molar-refractivity contribution in [3.05, 3.63) is 29.8 Å². The molecule has 1 fully saturated rings. The van der Waals surface area contributed by atoms with Crippen molar-refractivity contribution in [2.45, 2.75) is 19.4 Å². The molecule has 0 saturated carbocycles. The SMILES string of the molecule is CC1CCN(C(=O)N(C)c2ccccc2C(=O)O)CC1O. The molecular weight excluding hydrogens is 272 g/mol. The van der Waals surface area contributed by atoms with Gasteiger partial charge in [0.2, 0.25) is 0 Å². The zero-order valence-electron chi connectivity index (χ0n) is 12.2. The van der Waals surface area contributed by atoms with Gasteiger partial charge in [0.1, 0.15) is 0 Å². The molecule has 0 radical (unpaired) electrons. The number of rotatable bonds is 2. The summed E-state index contributed by atoms with van der Waals surface area (Å²) in [5, 5.41) is 19.1. The third kappa shape index (κ3) is 3.16. The van der Waals surface area contributed by atoms with Crippen molar-refractivity contribution >= 4 is 17.7 Å². The molecule has 0 spiro atoms. The van der Waals surface area contributed by atoms with E-state index >= 15 is 0 Å². The van der Waals surface area contributed by atoms with Gasteiger partial charge in [-0.25, -0.2) is 9.59 Å². The number of carbonyl (C=O) groups is 2. The van der Waals surface area contributed by atoms with Gasteiger partial charge in [0.15, 0.2) is 0 Å². The Hall–Kier alpha value is -2.08. The normalized spacial score (nSPS) is 22.0. The number of piperidine rings is 1. The molecule has 1 aliphatic rings. The molecule has 114 valence electrons. The number of para-hydroxylation sites is 1. The number of urea groups is 1. The summed E-state index contributed by atoms with van der Waals surface area (Å²) in [4.78, 5) is 26.6. The number of aliphatic hydroxyl groups excluding tert-OH is 1. The lowest BCUT2D eigenvalue weighted by molar-refractivity contribution is 0.0452. The maximum Gasteiger partial charge on any atom is 0.337 e. The van der Waals surface area contributed by atoms with Crippen LogP contribution in [0.5, 0.6) is 0 Å². The van der Waals surface area contributed by atoms with E-state index in [0.717, 1.165) is 6.42 Å². The van der Waals surface area contributed by atoms with Gasteiger partial charge in [-0.15, -0.1) is 0 Å². The molecule has 2 amide bonds. The van der Waals surface area contributed by atoms with Crippen molar-refractivity contribution in [1.82, 2.24) is 4.90 Å². The zero-order valence-corrected chi connectivity index (χ0v) is 12.2. The Morgan fingerprint density at radius 1 is 1.33 bits per heavy atom. The van der Waals surface area contributed by atoms with Crippen LogP contribution in [0.2, 0.25) is 0 Å². The fourth-order valence-corrected chi connectivity index (χ4v) is 2.48. The van der Waals surface area contributed by atoms with Gasteiger partial charge in [-0.05, 0) is 24.5 Å². The topological polar surface area (TPSA) is 81.1 Å². The van der Waals surface area contributed by atoms with Gasteiger partial charge in [0.25, 0.3) is 0 Å². The van der Waals surface area contributed by atoms with Gasteiger partial charge in [-0.1, -0.05) is 19.1 Å². The minimum Gasteiger partial charge on any atom is -0.478 e. The number of amides is 2. The monoisotopic (exact) mass is 292 g/mol. The quantitative estimate of drug-likeness (QED) is 0.868. The number of aliphatic hydroxyl groups is 1. The van der Waals surface area contributed by atoms with E-state index in [1.54, 1.807) is 30.1 Å². The number of carbonyl (C=O) groups excluding carboxylic acids is 1. The molecule has 1 aromatic rings. The molecule has 2 rings (SSSR count). The average Bonchev–Trinajstić information content (AvgIpc) is 2.48. The van der Waals surface area contributed by atoms with Crippen molar-refractivity contribution in [1.29, 1.82) is 0 Å². The predicted octanol–water partition coefficient (Wildman–Crippen LogP) is 1.64. The van der Waals surface area contributed by atoms with Crippen LogP contribution >= 0.6 is 0 Å². The molecule has 1 heterocycles. The van der Waals surface area contributed by atoms with E-state index < -0.39 is 12.1 Å². The summed E-state index contributed by atoms with van der Waals surface area (Å²) in [7, 11) is 1.55. The van der Waals surface area contributed by atoms with Gasteiger partial charge < -0.3 is 15.1 Å². The van der Waals surface area contributed by atoms with Gasteiger partial charge in [-0.2, -0.15) is 0 Å². The molecule has 1 aliphatic heterocycles. The molecular formula is C15H20N2O4. The molecule has 2 atom stereocenters. The zero-order chi connectivity index (χ0) is 15.6. The Labute approximate surface area is 123 Å². The van der Waals surface area contributed by atoms with Crippen LogP contribution in [0.25, 0.3) is 0 Å². The summed E-state index contributed by atoms with van der Waals surface area (Å²) in [5.41, 5.74) is 0.433. The molecule has 0 aliphatic carbocycles. The van der Waals surface area contributed by atoms with E-state index in [2.05, 4.69) is 0 Å². The minimum absolute atomic E-state index is 0.0827. The minimum atomic E-state index is -1.07. The second-order valence-electron chi connectivity index (χ2n) is 5.44. The Morgan fingerprint density at radius 3 is 2.62 bits per heavy atom. The molecule has 6 heteroatoms. The number of carboxylic acids is 1. The van der Waals surface area contributed by atoms with Gasteiger partial charge in [0.05, 0.1) is 17.4 Å². The van der Waals surface area contributed by atoms with E-state index in [-0.39, 0.29) is 24.1 Å². The van der Waals surface area contributed by atoms with Gasteiger partial charge >= 0.3 is 12.0 Å². The number of benzene rings is 1. The lowest BCUT2D eigenvalue weighted by atomic mass is 9.96. The second-order valence-corrected chi connectivity index (χ2v) is 5.44. The van der Waals surface area contributed by atoms with Crippen molar-refractivity contribution in [3.8, 4) is 0 Å². The van der Waals surface area contributed by atoms with E-state index in [4.69, 9.17) is 0 Å². The van der Waals surface area contributed by atoms with Gasteiger partial charge in [0, 0.05) is 20.1 Å². The fraction of sp³-hybridized carbons (Fsp3) is 0.467. The van der Waals surface area contributed by atoms with Crippen LogP contribution in [-0.4, -0.2) is 53.4 Å². The van der Waals surface area contributed by atoms with Crippen molar-refractivity contribution < 1.29 is 19.8 Å². The molecule has 21 heavy (non-hydrogen) atoms.